The normalized spacial score (nSPS) is 23.8. The molecule has 118 valence electrons. The summed E-state index contributed by atoms with van der Waals surface area (Å²) >= 11 is 0. The van der Waals surface area contributed by atoms with Crippen LogP contribution in [0.2, 0.25) is 0 Å². The first-order valence-electron chi connectivity index (χ1n) is 7.50. The molecule has 1 saturated heterocycles. The van der Waals surface area contributed by atoms with Crippen LogP contribution in [-0.2, 0) is 10.0 Å². The van der Waals surface area contributed by atoms with Gasteiger partial charge in [-0.05, 0) is 44.5 Å². The third-order valence-corrected chi connectivity index (χ3v) is 5.96. The molecule has 2 aromatic rings. The monoisotopic (exact) mass is 319 g/mol. The van der Waals surface area contributed by atoms with Gasteiger partial charge in [-0.3, -0.25) is 4.98 Å². The van der Waals surface area contributed by atoms with Crippen LogP contribution in [0.1, 0.15) is 19.4 Å². The Hall–Kier alpha value is -1.50. The zero-order valence-corrected chi connectivity index (χ0v) is 13.9. The molecule has 0 amide bonds. The van der Waals surface area contributed by atoms with Gasteiger partial charge in [-0.2, -0.15) is 4.31 Å². The molecule has 1 aliphatic heterocycles. The van der Waals surface area contributed by atoms with Crippen molar-refractivity contribution in [3.63, 3.8) is 0 Å². The second-order valence-electron chi connectivity index (χ2n) is 6.07. The van der Waals surface area contributed by atoms with Crippen molar-refractivity contribution in [3.8, 4) is 0 Å². The predicted octanol–water partition coefficient (Wildman–Crippen LogP) is 1.91. The van der Waals surface area contributed by atoms with E-state index in [1.807, 2.05) is 32.9 Å². The Morgan fingerprint density at radius 3 is 2.55 bits per heavy atom. The highest BCUT2D eigenvalue weighted by Gasteiger charge is 2.32. The fraction of sp³-hybridized carbons (Fsp3) is 0.438. The highest BCUT2D eigenvalue weighted by Crippen LogP contribution is 2.27. The van der Waals surface area contributed by atoms with Crippen LogP contribution in [0.5, 0.6) is 0 Å². The van der Waals surface area contributed by atoms with E-state index in [0.29, 0.717) is 23.4 Å². The molecule has 0 bridgehead atoms. The summed E-state index contributed by atoms with van der Waals surface area (Å²) in [5.41, 5.74) is 1.73. The Morgan fingerprint density at radius 1 is 1.18 bits per heavy atom. The minimum absolute atomic E-state index is 0.147. The maximum absolute atomic E-state index is 13.1. The van der Waals surface area contributed by atoms with Crippen molar-refractivity contribution < 1.29 is 8.42 Å². The van der Waals surface area contributed by atoms with Gasteiger partial charge in [0, 0.05) is 36.8 Å². The van der Waals surface area contributed by atoms with Gasteiger partial charge in [0.05, 0.1) is 10.4 Å². The molecule has 22 heavy (non-hydrogen) atoms. The number of benzene rings is 1. The zero-order valence-electron chi connectivity index (χ0n) is 13.1. The van der Waals surface area contributed by atoms with Crippen LogP contribution in [0, 0.1) is 6.92 Å². The number of aryl methyl sites for hydroxylation is 1. The molecule has 5 nitrogen and oxygen atoms in total. The lowest BCUT2D eigenvalue weighted by atomic mass is 10.1. The number of piperazine rings is 1. The standard InChI is InChI=1S/C16H21N3O2S/c1-11-6-7-15(14-5-4-8-17-16(11)14)22(20,21)19-9-12(2)18-13(3)10-19/h4-8,12-13,18H,9-10H2,1-3H3. The molecule has 3 rings (SSSR count). The SMILES string of the molecule is Cc1ccc(S(=O)(=O)N2CC(C)NC(C)C2)c2cccnc12. The summed E-state index contributed by atoms with van der Waals surface area (Å²) in [5.74, 6) is 0. The number of nitrogens with zero attached hydrogens (tertiary/aromatic N) is 2. The lowest BCUT2D eigenvalue weighted by Gasteiger charge is -2.35. The molecule has 1 N–H and O–H groups in total. The van der Waals surface area contributed by atoms with E-state index in [0.717, 1.165) is 11.1 Å². The van der Waals surface area contributed by atoms with Crippen LogP contribution >= 0.6 is 0 Å². The first-order valence-corrected chi connectivity index (χ1v) is 8.94. The summed E-state index contributed by atoms with van der Waals surface area (Å²) in [7, 11) is -3.52. The summed E-state index contributed by atoms with van der Waals surface area (Å²) in [5, 5.41) is 4.06. The van der Waals surface area contributed by atoms with E-state index >= 15 is 0 Å². The molecular formula is C16H21N3O2S. The average molecular weight is 319 g/mol. The minimum Gasteiger partial charge on any atom is -0.309 e. The topological polar surface area (TPSA) is 62.3 Å². The number of nitrogens with one attached hydrogen (secondary N) is 1. The number of fused-ring (bicyclic) bond motifs is 1. The second kappa shape index (κ2) is 5.61. The van der Waals surface area contributed by atoms with Crippen LogP contribution in [0.3, 0.4) is 0 Å². The van der Waals surface area contributed by atoms with Gasteiger partial charge < -0.3 is 5.32 Å². The van der Waals surface area contributed by atoms with Gasteiger partial charge in [0.2, 0.25) is 10.0 Å². The summed E-state index contributed by atoms with van der Waals surface area (Å²) in [6, 6.07) is 7.44. The largest absolute Gasteiger partial charge is 0.309 e. The average Bonchev–Trinajstić information content (AvgIpc) is 2.46. The number of aromatic nitrogens is 1. The maximum Gasteiger partial charge on any atom is 0.243 e. The molecule has 1 aromatic carbocycles. The fourth-order valence-electron chi connectivity index (χ4n) is 3.12. The predicted molar refractivity (Wildman–Crippen MR) is 87.3 cm³/mol. The van der Waals surface area contributed by atoms with E-state index in [2.05, 4.69) is 10.3 Å². The van der Waals surface area contributed by atoms with Gasteiger partial charge in [0.1, 0.15) is 0 Å². The van der Waals surface area contributed by atoms with Gasteiger partial charge in [-0.1, -0.05) is 6.07 Å². The fourth-order valence-corrected chi connectivity index (χ4v) is 4.93. The van der Waals surface area contributed by atoms with Gasteiger partial charge in [-0.15, -0.1) is 0 Å². The van der Waals surface area contributed by atoms with Gasteiger partial charge >= 0.3 is 0 Å². The summed E-state index contributed by atoms with van der Waals surface area (Å²) in [6.07, 6.45) is 1.70. The highest BCUT2D eigenvalue weighted by atomic mass is 32.2. The summed E-state index contributed by atoms with van der Waals surface area (Å²) in [6.45, 7) is 6.94. The van der Waals surface area contributed by atoms with Crippen LogP contribution < -0.4 is 5.32 Å². The molecule has 0 saturated carbocycles. The van der Waals surface area contributed by atoms with Crippen LogP contribution in [0.15, 0.2) is 35.4 Å². The molecule has 2 heterocycles. The summed E-state index contributed by atoms with van der Waals surface area (Å²) in [4.78, 5) is 4.68. The van der Waals surface area contributed by atoms with E-state index in [1.54, 1.807) is 22.6 Å². The van der Waals surface area contributed by atoms with Gasteiger partial charge in [-0.25, -0.2) is 8.42 Å². The van der Waals surface area contributed by atoms with Gasteiger partial charge in [0.15, 0.2) is 0 Å². The lowest BCUT2D eigenvalue weighted by Crippen LogP contribution is -2.55. The Bertz CT molecular complexity index is 794. The van der Waals surface area contributed by atoms with Crippen LogP contribution in [0.25, 0.3) is 10.9 Å². The number of hydrogen-bond acceptors (Lipinski definition) is 4. The molecule has 0 aliphatic carbocycles. The molecular weight excluding hydrogens is 298 g/mol. The Kier molecular flexibility index (Phi) is 3.92. The number of sulfonamides is 1. The third-order valence-electron chi connectivity index (χ3n) is 4.07. The molecule has 1 aliphatic rings. The summed E-state index contributed by atoms with van der Waals surface area (Å²) < 4.78 is 27.7. The quantitative estimate of drug-likeness (QED) is 0.918. The van der Waals surface area contributed by atoms with Crippen LogP contribution in [-0.4, -0.2) is 42.9 Å². The smallest absolute Gasteiger partial charge is 0.243 e. The Balaban J connectivity index is 2.12. The molecule has 1 aromatic heterocycles. The van der Waals surface area contributed by atoms with Crippen molar-refractivity contribution in [3.05, 3.63) is 36.0 Å². The zero-order chi connectivity index (χ0) is 15.9. The molecule has 2 unspecified atom stereocenters. The van der Waals surface area contributed by atoms with Crippen LogP contribution in [0.4, 0.5) is 0 Å². The van der Waals surface area contributed by atoms with E-state index in [9.17, 15) is 8.42 Å². The second-order valence-corrected chi connectivity index (χ2v) is 7.98. The number of rotatable bonds is 2. The molecule has 0 radical (unpaired) electrons. The first-order chi connectivity index (χ1) is 10.4. The molecule has 6 heteroatoms. The van der Waals surface area contributed by atoms with Crippen molar-refractivity contribution in [1.82, 2.24) is 14.6 Å². The van der Waals surface area contributed by atoms with E-state index < -0.39 is 10.0 Å². The number of hydrogen-bond donors (Lipinski definition) is 1. The Labute approximate surface area is 131 Å². The molecule has 1 fully saturated rings. The van der Waals surface area contributed by atoms with Crippen molar-refractivity contribution in [1.29, 1.82) is 0 Å². The lowest BCUT2D eigenvalue weighted by molar-refractivity contribution is 0.263. The van der Waals surface area contributed by atoms with Crippen molar-refractivity contribution >= 4 is 20.9 Å². The highest BCUT2D eigenvalue weighted by molar-refractivity contribution is 7.89. The molecule has 0 spiro atoms. The van der Waals surface area contributed by atoms with E-state index in [4.69, 9.17) is 0 Å². The first kappa shape index (κ1) is 15.4. The number of pyridine rings is 1. The van der Waals surface area contributed by atoms with Crippen molar-refractivity contribution in [2.75, 3.05) is 13.1 Å². The van der Waals surface area contributed by atoms with Gasteiger partial charge in [0.25, 0.3) is 0 Å². The van der Waals surface area contributed by atoms with Crippen molar-refractivity contribution in [2.24, 2.45) is 0 Å². The third kappa shape index (κ3) is 2.62. The van der Waals surface area contributed by atoms with Crippen molar-refractivity contribution in [2.45, 2.75) is 37.8 Å². The van der Waals surface area contributed by atoms with E-state index in [1.165, 1.54) is 0 Å². The van der Waals surface area contributed by atoms with E-state index in [-0.39, 0.29) is 12.1 Å². The molecule has 2 atom stereocenters. The Morgan fingerprint density at radius 2 is 1.86 bits per heavy atom. The maximum atomic E-state index is 13.1. The minimum atomic E-state index is -3.52.